The molecule has 1 N–H and O–H groups in total. The first-order chi connectivity index (χ1) is 7.77. The van der Waals surface area contributed by atoms with Crippen molar-refractivity contribution >= 4 is 17.4 Å². The highest BCUT2D eigenvalue weighted by Crippen LogP contribution is 2.13. The Hall–Kier alpha value is -1.69. The first-order valence-corrected chi connectivity index (χ1v) is 5.18. The summed E-state index contributed by atoms with van der Waals surface area (Å²) in [6.07, 6.45) is 5.57. The van der Waals surface area contributed by atoms with Gasteiger partial charge in [0, 0.05) is 32.4 Å². The maximum absolute atomic E-state index is 5.85. The maximum Gasteiger partial charge on any atom is 0.171 e. The van der Waals surface area contributed by atoms with Gasteiger partial charge in [-0.25, -0.2) is 9.97 Å². The molecular weight excluding hydrogens is 228 g/mol. The van der Waals surface area contributed by atoms with Crippen molar-refractivity contribution in [3.05, 3.63) is 29.7 Å². The molecule has 7 heteroatoms. The summed E-state index contributed by atoms with van der Waals surface area (Å²) in [4.78, 5) is 7.99. The second-order valence-corrected chi connectivity index (χ2v) is 3.59. The minimum absolute atomic E-state index is 0.375. The van der Waals surface area contributed by atoms with Crippen LogP contribution in [0.1, 0.15) is 5.82 Å². The van der Waals surface area contributed by atoms with Gasteiger partial charge in [0.25, 0.3) is 0 Å². The molecule has 0 atom stereocenters. The van der Waals surface area contributed by atoms with Gasteiger partial charge in [-0.1, -0.05) is 11.6 Å². The highest BCUT2D eigenvalue weighted by Gasteiger charge is 2.03. The number of nitrogens with zero attached hydrogens (tertiary/aromatic N) is 5. The van der Waals surface area contributed by atoms with Gasteiger partial charge < -0.3 is 9.88 Å². The first-order valence-electron chi connectivity index (χ1n) is 4.80. The Bertz CT molecular complexity index is 469. The Kier molecular flexibility index (Phi) is 3.31. The number of nitrogens with one attached hydrogen (secondary N) is 1. The molecule has 0 saturated carbocycles. The summed E-state index contributed by atoms with van der Waals surface area (Å²) < 4.78 is 1.87. The van der Waals surface area contributed by atoms with Gasteiger partial charge >= 0.3 is 0 Å². The average molecular weight is 239 g/mol. The van der Waals surface area contributed by atoms with Crippen LogP contribution in [0.5, 0.6) is 0 Å². The third-order valence-corrected chi connectivity index (χ3v) is 2.38. The topological polar surface area (TPSA) is 68.5 Å². The molecule has 2 aromatic rings. The van der Waals surface area contributed by atoms with Crippen molar-refractivity contribution in [2.24, 2.45) is 7.05 Å². The molecule has 0 unspecified atom stereocenters. The molecule has 2 heterocycles. The Morgan fingerprint density at radius 1 is 1.38 bits per heavy atom. The molecule has 0 radical (unpaired) electrons. The van der Waals surface area contributed by atoms with Gasteiger partial charge in [-0.2, -0.15) is 0 Å². The molecular formula is C9H11ClN6. The van der Waals surface area contributed by atoms with E-state index in [0.717, 1.165) is 12.2 Å². The zero-order chi connectivity index (χ0) is 11.4. The minimum Gasteiger partial charge on any atom is -0.367 e. The van der Waals surface area contributed by atoms with Gasteiger partial charge in [-0.3, -0.25) is 0 Å². The third kappa shape index (κ3) is 2.46. The number of rotatable bonds is 4. The minimum atomic E-state index is 0.375. The molecule has 0 aliphatic heterocycles. The second-order valence-electron chi connectivity index (χ2n) is 3.23. The van der Waals surface area contributed by atoms with Crippen LogP contribution in [0, 0.1) is 0 Å². The fourth-order valence-electron chi connectivity index (χ4n) is 1.27. The number of hydrogen-bond donors (Lipinski definition) is 1. The first kappa shape index (κ1) is 10.8. The van der Waals surface area contributed by atoms with Crippen molar-refractivity contribution in [3.8, 4) is 0 Å². The summed E-state index contributed by atoms with van der Waals surface area (Å²) in [6.45, 7) is 0.685. The van der Waals surface area contributed by atoms with E-state index in [4.69, 9.17) is 11.6 Å². The number of aromatic nitrogens is 5. The van der Waals surface area contributed by atoms with Crippen molar-refractivity contribution < 1.29 is 0 Å². The van der Waals surface area contributed by atoms with E-state index in [0.29, 0.717) is 17.5 Å². The van der Waals surface area contributed by atoms with E-state index < -0.39 is 0 Å². The summed E-state index contributed by atoms with van der Waals surface area (Å²) >= 11 is 5.85. The molecule has 0 spiro atoms. The van der Waals surface area contributed by atoms with E-state index in [1.165, 1.54) is 0 Å². The van der Waals surface area contributed by atoms with E-state index in [2.05, 4.69) is 25.5 Å². The molecule has 0 fully saturated rings. The van der Waals surface area contributed by atoms with Crippen LogP contribution in [0.4, 0.5) is 5.82 Å². The molecule has 84 valence electrons. The molecule has 0 saturated heterocycles. The van der Waals surface area contributed by atoms with Crippen LogP contribution in [-0.4, -0.2) is 31.3 Å². The van der Waals surface area contributed by atoms with Crippen LogP contribution < -0.4 is 5.32 Å². The van der Waals surface area contributed by atoms with Crippen LogP contribution in [0.3, 0.4) is 0 Å². The largest absolute Gasteiger partial charge is 0.367 e. The molecule has 0 aromatic carbocycles. The zero-order valence-electron chi connectivity index (χ0n) is 8.76. The van der Waals surface area contributed by atoms with Gasteiger partial charge in [-0.05, 0) is 0 Å². The van der Waals surface area contributed by atoms with Crippen LogP contribution in [0.15, 0.2) is 18.7 Å². The monoisotopic (exact) mass is 238 g/mol. The fourth-order valence-corrected chi connectivity index (χ4v) is 1.44. The summed E-state index contributed by atoms with van der Waals surface area (Å²) in [5.74, 6) is 1.50. The molecule has 16 heavy (non-hydrogen) atoms. The normalized spacial score (nSPS) is 10.4. The van der Waals surface area contributed by atoms with Gasteiger partial charge in [0.05, 0.1) is 0 Å². The number of hydrogen-bond acceptors (Lipinski definition) is 5. The predicted molar refractivity (Wildman–Crippen MR) is 60.2 cm³/mol. The maximum atomic E-state index is 5.85. The molecule has 2 rings (SSSR count). The summed E-state index contributed by atoms with van der Waals surface area (Å²) in [5.41, 5.74) is 0. The van der Waals surface area contributed by atoms with Gasteiger partial charge in [0.2, 0.25) is 0 Å². The lowest BCUT2D eigenvalue weighted by molar-refractivity contribution is 0.787. The van der Waals surface area contributed by atoms with E-state index in [9.17, 15) is 0 Å². The van der Waals surface area contributed by atoms with Gasteiger partial charge in [0.1, 0.15) is 12.2 Å². The Morgan fingerprint density at radius 2 is 2.19 bits per heavy atom. The lowest BCUT2D eigenvalue weighted by atomic mass is 10.4. The Balaban J connectivity index is 1.89. The summed E-state index contributed by atoms with van der Waals surface area (Å²) in [5, 5.41) is 11.2. The number of halogens is 1. The highest BCUT2D eigenvalue weighted by atomic mass is 35.5. The SMILES string of the molecule is Cn1cnnc1CCNc1nccnc1Cl. The Morgan fingerprint density at radius 3 is 2.88 bits per heavy atom. The van der Waals surface area contributed by atoms with Gasteiger partial charge in [0.15, 0.2) is 11.0 Å². The lowest BCUT2D eigenvalue weighted by Gasteiger charge is -2.05. The molecule has 0 bridgehead atoms. The van der Waals surface area contributed by atoms with E-state index in [-0.39, 0.29) is 0 Å². The highest BCUT2D eigenvalue weighted by molar-refractivity contribution is 6.31. The van der Waals surface area contributed by atoms with Crippen molar-refractivity contribution in [2.75, 3.05) is 11.9 Å². The van der Waals surface area contributed by atoms with Gasteiger partial charge in [-0.15, -0.1) is 10.2 Å². The molecule has 2 aromatic heterocycles. The van der Waals surface area contributed by atoms with E-state index >= 15 is 0 Å². The van der Waals surface area contributed by atoms with Crippen molar-refractivity contribution in [1.29, 1.82) is 0 Å². The quantitative estimate of drug-likeness (QED) is 0.858. The standard InChI is InChI=1S/C9H11ClN6/c1-16-6-14-15-7(16)2-3-12-9-8(10)11-4-5-13-9/h4-6H,2-3H2,1H3,(H,12,13). The number of aryl methyl sites for hydroxylation is 1. The molecule has 6 nitrogen and oxygen atoms in total. The van der Waals surface area contributed by atoms with Crippen molar-refractivity contribution in [1.82, 2.24) is 24.7 Å². The van der Waals surface area contributed by atoms with E-state index in [1.807, 2.05) is 11.6 Å². The lowest BCUT2D eigenvalue weighted by Crippen LogP contribution is -2.10. The average Bonchev–Trinajstić information content (AvgIpc) is 2.67. The Labute approximate surface area is 97.7 Å². The summed E-state index contributed by atoms with van der Waals surface area (Å²) in [6, 6.07) is 0. The van der Waals surface area contributed by atoms with E-state index in [1.54, 1.807) is 18.7 Å². The van der Waals surface area contributed by atoms with Crippen LogP contribution in [-0.2, 0) is 13.5 Å². The number of anilines is 1. The van der Waals surface area contributed by atoms with Crippen molar-refractivity contribution in [2.45, 2.75) is 6.42 Å². The van der Waals surface area contributed by atoms with Crippen LogP contribution in [0.2, 0.25) is 5.15 Å². The zero-order valence-corrected chi connectivity index (χ0v) is 9.52. The smallest absolute Gasteiger partial charge is 0.171 e. The molecule has 0 aliphatic rings. The van der Waals surface area contributed by atoms with Crippen molar-refractivity contribution in [3.63, 3.8) is 0 Å². The second kappa shape index (κ2) is 4.89. The van der Waals surface area contributed by atoms with Crippen LogP contribution >= 0.6 is 11.6 Å². The predicted octanol–water partition coefficient (Wildman–Crippen LogP) is 0.913. The third-order valence-electron chi connectivity index (χ3n) is 2.10. The molecule has 0 amide bonds. The molecule has 0 aliphatic carbocycles. The van der Waals surface area contributed by atoms with Crippen LogP contribution in [0.25, 0.3) is 0 Å². The fraction of sp³-hybridized carbons (Fsp3) is 0.333. The summed E-state index contributed by atoms with van der Waals surface area (Å²) in [7, 11) is 1.91.